The van der Waals surface area contributed by atoms with E-state index in [-0.39, 0.29) is 12.2 Å². The summed E-state index contributed by atoms with van der Waals surface area (Å²) >= 11 is 2.99. The molecule has 3 aromatic rings. The lowest BCUT2D eigenvalue weighted by Crippen LogP contribution is -2.39. The van der Waals surface area contributed by atoms with Crippen LogP contribution in [0.2, 0.25) is 0 Å². The minimum Gasteiger partial charge on any atom is -0.494 e. The molecule has 1 aliphatic heterocycles. The van der Waals surface area contributed by atoms with Crippen LogP contribution in [0.25, 0.3) is 6.08 Å². The molecule has 4 rings (SSSR count). The minimum absolute atomic E-state index is 0.189. The van der Waals surface area contributed by atoms with Crippen LogP contribution >= 0.6 is 23.1 Å². The summed E-state index contributed by atoms with van der Waals surface area (Å²) < 4.78 is 13.1. The quantitative estimate of drug-likeness (QED) is 0.368. The van der Waals surface area contributed by atoms with E-state index >= 15 is 0 Å². The number of benzene rings is 2. The summed E-state index contributed by atoms with van der Waals surface area (Å²) in [5, 5.41) is 0. The van der Waals surface area contributed by atoms with Crippen LogP contribution in [0.15, 0.2) is 74.5 Å². The number of fused-ring (bicyclic) bond motifs is 1. The third kappa shape index (κ3) is 4.74. The smallest absolute Gasteiger partial charge is 0.338 e. The van der Waals surface area contributed by atoms with Crippen molar-refractivity contribution in [2.75, 3.05) is 19.5 Å². The third-order valence-electron chi connectivity index (χ3n) is 5.44. The molecule has 1 aliphatic rings. The average molecular weight is 495 g/mol. The number of carbonyl (C=O) groups excluding carboxylic acids is 1. The zero-order valence-electron chi connectivity index (χ0n) is 19.5. The van der Waals surface area contributed by atoms with Gasteiger partial charge in [0, 0.05) is 4.90 Å². The van der Waals surface area contributed by atoms with E-state index in [0.717, 1.165) is 21.8 Å². The van der Waals surface area contributed by atoms with Crippen LogP contribution in [0.4, 0.5) is 0 Å². The van der Waals surface area contributed by atoms with Crippen molar-refractivity contribution in [2.45, 2.75) is 31.7 Å². The molecule has 0 N–H and O–H groups in total. The molecule has 0 bridgehead atoms. The van der Waals surface area contributed by atoms with Gasteiger partial charge in [0.1, 0.15) is 5.75 Å². The van der Waals surface area contributed by atoms with Gasteiger partial charge in [-0.05, 0) is 68.5 Å². The zero-order valence-corrected chi connectivity index (χ0v) is 21.2. The highest BCUT2D eigenvalue weighted by Gasteiger charge is 2.33. The van der Waals surface area contributed by atoms with Gasteiger partial charge in [-0.1, -0.05) is 35.6 Å². The lowest BCUT2D eigenvalue weighted by Gasteiger charge is -2.24. The standard InChI is InChI=1S/C26H26N2O4S2/c1-5-31-19-11-9-18(10-12-19)23-22(25(30)32-6-2)16(3)27-26-28(23)24(29)21(34-26)15-17-7-13-20(33-4)14-8-17/h7-15,23H,5-6H2,1-4H3/b21-15-/t23-/m0/s1. The molecule has 0 amide bonds. The molecule has 0 radical (unpaired) electrons. The largest absolute Gasteiger partial charge is 0.494 e. The van der Waals surface area contributed by atoms with Crippen molar-refractivity contribution in [3.8, 4) is 5.75 Å². The second-order valence-electron chi connectivity index (χ2n) is 7.58. The van der Waals surface area contributed by atoms with Gasteiger partial charge in [0.05, 0.1) is 35.1 Å². The number of carbonyl (C=O) groups is 1. The van der Waals surface area contributed by atoms with E-state index in [1.54, 1.807) is 30.2 Å². The first-order chi connectivity index (χ1) is 16.5. The van der Waals surface area contributed by atoms with E-state index in [4.69, 9.17) is 9.47 Å². The van der Waals surface area contributed by atoms with Crippen LogP contribution < -0.4 is 19.6 Å². The number of allylic oxidation sites excluding steroid dienone is 1. The summed E-state index contributed by atoms with van der Waals surface area (Å²) in [5.74, 6) is 0.260. The second-order valence-corrected chi connectivity index (χ2v) is 9.47. The Labute approximate surface area is 206 Å². The van der Waals surface area contributed by atoms with Crippen molar-refractivity contribution in [2.24, 2.45) is 4.99 Å². The molecule has 8 heteroatoms. The topological polar surface area (TPSA) is 69.9 Å². The fraction of sp³-hybridized carbons (Fsp3) is 0.269. The number of thioether (sulfide) groups is 1. The Bertz CT molecular complexity index is 1400. The van der Waals surface area contributed by atoms with Crippen LogP contribution in [0, 0.1) is 0 Å². The van der Waals surface area contributed by atoms with Crippen LogP contribution in [-0.4, -0.2) is 30.0 Å². The van der Waals surface area contributed by atoms with Crippen LogP contribution in [-0.2, 0) is 9.53 Å². The van der Waals surface area contributed by atoms with E-state index in [1.165, 1.54) is 11.3 Å². The van der Waals surface area contributed by atoms with Gasteiger partial charge in [-0.25, -0.2) is 9.79 Å². The van der Waals surface area contributed by atoms with Crippen molar-refractivity contribution < 1.29 is 14.3 Å². The molecule has 176 valence electrons. The Kier molecular flexibility index (Phi) is 7.38. The molecule has 2 aromatic carbocycles. The highest BCUT2D eigenvalue weighted by atomic mass is 32.2. The van der Waals surface area contributed by atoms with Gasteiger partial charge in [-0.15, -0.1) is 11.8 Å². The van der Waals surface area contributed by atoms with Crippen molar-refractivity contribution in [3.63, 3.8) is 0 Å². The van der Waals surface area contributed by atoms with Crippen LogP contribution in [0.1, 0.15) is 37.9 Å². The summed E-state index contributed by atoms with van der Waals surface area (Å²) in [6, 6.07) is 14.9. The van der Waals surface area contributed by atoms with E-state index in [1.807, 2.05) is 67.8 Å². The Morgan fingerprint density at radius 3 is 2.44 bits per heavy atom. The molecule has 0 unspecified atom stereocenters. The van der Waals surface area contributed by atoms with Gasteiger partial charge >= 0.3 is 5.97 Å². The van der Waals surface area contributed by atoms with Gasteiger partial charge in [-0.2, -0.15) is 0 Å². The van der Waals surface area contributed by atoms with Crippen LogP contribution in [0.5, 0.6) is 5.75 Å². The first kappa shape index (κ1) is 24.0. The molecular formula is C26H26N2O4S2. The van der Waals surface area contributed by atoms with E-state index in [2.05, 4.69) is 4.99 Å². The molecule has 6 nitrogen and oxygen atoms in total. The average Bonchev–Trinajstić information content (AvgIpc) is 3.14. The Balaban J connectivity index is 1.88. The third-order valence-corrected chi connectivity index (χ3v) is 7.16. The molecule has 0 spiro atoms. The fourth-order valence-corrected chi connectivity index (χ4v) is 5.33. The molecule has 0 saturated carbocycles. The Morgan fingerprint density at radius 1 is 1.12 bits per heavy atom. The van der Waals surface area contributed by atoms with Gasteiger partial charge in [0.2, 0.25) is 0 Å². The predicted molar refractivity (Wildman–Crippen MR) is 136 cm³/mol. The van der Waals surface area contributed by atoms with Gasteiger partial charge in [0.15, 0.2) is 4.80 Å². The van der Waals surface area contributed by atoms with E-state index in [0.29, 0.717) is 27.2 Å². The summed E-state index contributed by atoms with van der Waals surface area (Å²) in [7, 11) is 0. The first-order valence-electron chi connectivity index (χ1n) is 11.0. The number of nitrogens with zero attached hydrogens (tertiary/aromatic N) is 2. The van der Waals surface area contributed by atoms with E-state index < -0.39 is 12.0 Å². The van der Waals surface area contributed by atoms with Gasteiger partial charge in [-0.3, -0.25) is 9.36 Å². The van der Waals surface area contributed by atoms with Crippen molar-refractivity contribution >= 4 is 35.1 Å². The lowest BCUT2D eigenvalue weighted by molar-refractivity contribution is -0.139. The highest BCUT2D eigenvalue weighted by molar-refractivity contribution is 7.98. The fourth-order valence-electron chi connectivity index (χ4n) is 3.87. The number of rotatable bonds is 7. The predicted octanol–water partition coefficient (Wildman–Crippen LogP) is 3.92. The zero-order chi connectivity index (χ0) is 24.2. The van der Waals surface area contributed by atoms with Gasteiger partial charge < -0.3 is 9.47 Å². The molecule has 0 saturated heterocycles. The monoisotopic (exact) mass is 494 g/mol. The number of hydrogen-bond acceptors (Lipinski definition) is 7. The summed E-state index contributed by atoms with van der Waals surface area (Å²) in [6.07, 6.45) is 3.89. The van der Waals surface area contributed by atoms with Gasteiger partial charge in [0.25, 0.3) is 5.56 Å². The Morgan fingerprint density at radius 2 is 1.82 bits per heavy atom. The lowest BCUT2D eigenvalue weighted by atomic mass is 9.96. The molecule has 1 atom stereocenters. The number of aromatic nitrogens is 1. The summed E-state index contributed by atoms with van der Waals surface area (Å²) in [6.45, 7) is 6.26. The van der Waals surface area contributed by atoms with Crippen molar-refractivity contribution in [1.29, 1.82) is 0 Å². The van der Waals surface area contributed by atoms with E-state index in [9.17, 15) is 9.59 Å². The van der Waals surface area contributed by atoms with Crippen LogP contribution in [0.3, 0.4) is 0 Å². The molecule has 2 heterocycles. The maximum absolute atomic E-state index is 13.6. The Hall–Kier alpha value is -3.10. The summed E-state index contributed by atoms with van der Waals surface area (Å²) in [4.78, 5) is 32.9. The first-order valence-corrected chi connectivity index (χ1v) is 13.1. The molecule has 1 aromatic heterocycles. The number of ether oxygens (including phenoxy) is 2. The number of esters is 1. The molecule has 0 fully saturated rings. The molecule has 0 aliphatic carbocycles. The maximum Gasteiger partial charge on any atom is 0.338 e. The van der Waals surface area contributed by atoms with Crippen molar-refractivity contribution in [1.82, 2.24) is 4.57 Å². The second kappa shape index (κ2) is 10.4. The highest BCUT2D eigenvalue weighted by Crippen LogP contribution is 2.31. The minimum atomic E-state index is -0.632. The SMILES string of the molecule is CCOC(=O)C1=C(C)N=c2s/c(=C\c3ccc(SC)cc3)c(=O)n2[C@H]1c1ccc(OCC)cc1. The molecular weight excluding hydrogens is 468 g/mol. The number of thiazole rings is 1. The van der Waals surface area contributed by atoms with Crippen molar-refractivity contribution in [3.05, 3.63) is 90.6 Å². The maximum atomic E-state index is 13.6. The number of hydrogen-bond donors (Lipinski definition) is 0. The molecule has 34 heavy (non-hydrogen) atoms. The summed E-state index contributed by atoms with van der Waals surface area (Å²) in [5.41, 5.74) is 2.45. The normalized spacial score (nSPS) is 15.6.